The van der Waals surface area contributed by atoms with Gasteiger partial charge in [-0.15, -0.1) is 5.10 Å². The number of amidine groups is 1. The van der Waals surface area contributed by atoms with Gasteiger partial charge in [-0.2, -0.15) is 5.10 Å². The highest BCUT2D eigenvalue weighted by Crippen LogP contribution is 2.30. The predicted octanol–water partition coefficient (Wildman–Crippen LogP) is 4.24. The molecular formula is C26H23N3O5S. The molecule has 0 bridgehead atoms. The average molecular weight is 490 g/mol. The second kappa shape index (κ2) is 11.8. The highest BCUT2D eigenvalue weighted by molar-refractivity contribution is 8.15. The zero-order chi connectivity index (χ0) is 24.5. The molecule has 0 spiro atoms. The number of aliphatic carboxylic acids is 1. The molecule has 9 heteroatoms. The number of carbonyl (C=O) groups is 2. The number of nitrogens with zero attached hydrogens (tertiary/aromatic N) is 2. The molecule has 8 nitrogen and oxygen atoms in total. The molecule has 0 radical (unpaired) electrons. The summed E-state index contributed by atoms with van der Waals surface area (Å²) in [6, 6.07) is 25.1. The number of benzene rings is 3. The molecule has 1 amide bonds. The van der Waals surface area contributed by atoms with Crippen molar-refractivity contribution in [1.29, 1.82) is 0 Å². The van der Waals surface area contributed by atoms with Crippen molar-refractivity contribution in [2.45, 2.75) is 24.9 Å². The number of hydrogen-bond acceptors (Lipinski definition) is 7. The van der Waals surface area contributed by atoms with Crippen LogP contribution in [0.15, 0.2) is 89.1 Å². The van der Waals surface area contributed by atoms with Crippen LogP contribution in [0.5, 0.6) is 11.5 Å². The van der Waals surface area contributed by atoms with E-state index in [9.17, 15) is 9.59 Å². The van der Waals surface area contributed by atoms with Crippen molar-refractivity contribution < 1.29 is 24.2 Å². The summed E-state index contributed by atoms with van der Waals surface area (Å²) < 4.78 is 12.1. The Morgan fingerprint density at radius 2 is 1.57 bits per heavy atom. The van der Waals surface area contributed by atoms with Crippen LogP contribution in [-0.2, 0) is 22.8 Å². The largest absolute Gasteiger partial charge is 0.485 e. The molecule has 178 valence electrons. The number of hydrogen-bond donors (Lipinski definition) is 2. The summed E-state index contributed by atoms with van der Waals surface area (Å²) in [5, 5.41) is 19.0. The van der Waals surface area contributed by atoms with Crippen LogP contribution in [0.1, 0.15) is 23.1 Å². The van der Waals surface area contributed by atoms with Crippen LogP contribution < -0.4 is 14.8 Å². The fourth-order valence-corrected chi connectivity index (χ4v) is 4.12. The Balaban J connectivity index is 1.47. The van der Waals surface area contributed by atoms with Gasteiger partial charge in [0.05, 0.1) is 12.6 Å². The zero-order valence-corrected chi connectivity index (χ0v) is 19.5. The minimum Gasteiger partial charge on any atom is -0.485 e. The first kappa shape index (κ1) is 24.0. The fourth-order valence-electron chi connectivity index (χ4n) is 3.20. The molecule has 1 aliphatic rings. The molecule has 3 aromatic rings. The lowest BCUT2D eigenvalue weighted by Gasteiger charge is -2.14. The minimum atomic E-state index is -1.04. The maximum absolute atomic E-state index is 11.8. The SMILES string of the molecule is O=C(O)CC1S/C(=N\N=Cc2ccc(OCc3ccccc3)c(OCc3ccccc3)c2)NC1=O. The van der Waals surface area contributed by atoms with E-state index in [4.69, 9.17) is 14.6 Å². The molecule has 4 rings (SSSR count). The molecule has 1 aliphatic heterocycles. The smallest absolute Gasteiger partial charge is 0.305 e. The van der Waals surface area contributed by atoms with E-state index in [1.165, 1.54) is 6.21 Å². The Hall–Kier alpha value is -4.11. The van der Waals surface area contributed by atoms with Crippen molar-refractivity contribution in [3.05, 3.63) is 95.6 Å². The van der Waals surface area contributed by atoms with Crippen LogP contribution in [0.3, 0.4) is 0 Å². The molecule has 35 heavy (non-hydrogen) atoms. The summed E-state index contributed by atoms with van der Waals surface area (Å²) in [7, 11) is 0. The van der Waals surface area contributed by atoms with Crippen LogP contribution in [0.4, 0.5) is 0 Å². The lowest BCUT2D eigenvalue weighted by Crippen LogP contribution is -2.26. The first-order valence-corrected chi connectivity index (χ1v) is 11.7. The van der Waals surface area contributed by atoms with Gasteiger partial charge in [0.1, 0.15) is 18.5 Å². The van der Waals surface area contributed by atoms with Crippen molar-refractivity contribution in [3.63, 3.8) is 0 Å². The maximum Gasteiger partial charge on any atom is 0.305 e. The normalized spacial score (nSPS) is 16.4. The molecule has 1 heterocycles. The van der Waals surface area contributed by atoms with Gasteiger partial charge >= 0.3 is 5.97 Å². The molecule has 2 N–H and O–H groups in total. The maximum atomic E-state index is 11.8. The van der Waals surface area contributed by atoms with Crippen LogP contribution in [0.25, 0.3) is 0 Å². The van der Waals surface area contributed by atoms with E-state index in [0.29, 0.717) is 24.7 Å². The number of carboxylic acid groups (broad SMARTS) is 1. The third-order valence-electron chi connectivity index (χ3n) is 4.93. The van der Waals surface area contributed by atoms with Crippen LogP contribution in [0.2, 0.25) is 0 Å². The molecule has 1 unspecified atom stereocenters. The van der Waals surface area contributed by atoms with Crippen molar-refractivity contribution in [3.8, 4) is 11.5 Å². The summed E-state index contributed by atoms with van der Waals surface area (Å²) in [5.41, 5.74) is 2.79. The van der Waals surface area contributed by atoms with Crippen LogP contribution >= 0.6 is 11.8 Å². The Labute approximate surface area is 206 Å². The Bertz CT molecular complexity index is 1230. The topological polar surface area (TPSA) is 110 Å². The van der Waals surface area contributed by atoms with Crippen molar-refractivity contribution in [2.75, 3.05) is 0 Å². The third-order valence-corrected chi connectivity index (χ3v) is 6.01. The predicted molar refractivity (Wildman–Crippen MR) is 135 cm³/mol. The summed E-state index contributed by atoms with van der Waals surface area (Å²) in [4.78, 5) is 22.7. The molecule has 3 aromatic carbocycles. The van der Waals surface area contributed by atoms with Crippen molar-refractivity contribution in [2.24, 2.45) is 10.2 Å². The summed E-state index contributed by atoms with van der Waals surface area (Å²) in [6.45, 7) is 0.775. The highest BCUT2D eigenvalue weighted by atomic mass is 32.2. The van der Waals surface area contributed by atoms with Gasteiger partial charge in [0.2, 0.25) is 5.91 Å². The molecule has 1 saturated heterocycles. The molecule has 1 atom stereocenters. The number of carboxylic acids is 1. The van der Waals surface area contributed by atoms with E-state index in [1.54, 1.807) is 6.07 Å². The standard InChI is InChI=1S/C26H23N3O5S/c30-24(31)14-23-25(32)28-26(35-23)29-27-15-20-11-12-21(33-16-18-7-3-1-4-8-18)22(13-20)34-17-19-9-5-2-6-10-19/h1-13,15,23H,14,16-17H2,(H,30,31)(H,28,29,32). The van der Waals surface area contributed by atoms with Crippen molar-refractivity contribution >= 4 is 35.0 Å². The van der Waals surface area contributed by atoms with E-state index in [-0.39, 0.29) is 17.5 Å². The summed E-state index contributed by atoms with van der Waals surface area (Å²) in [6.07, 6.45) is 1.26. The number of nitrogens with one attached hydrogen (secondary N) is 1. The van der Waals surface area contributed by atoms with Gasteiger partial charge in [-0.3, -0.25) is 9.59 Å². The minimum absolute atomic E-state index is 0.265. The number of rotatable bonds is 10. The lowest BCUT2D eigenvalue weighted by atomic mass is 10.2. The van der Waals surface area contributed by atoms with Crippen LogP contribution in [-0.4, -0.2) is 33.6 Å². The van der Waals surface area contributed by atoms with Gasteiger partial charge in [-0.05, 0) is 34.9 Å². The number of carbonyl (C=O) groups excluding carboxylic acids is 1. The fraction of sp³-hybridized carbons (Fsp3) is 0.154. The number of amides is 1. The van der Waals surface area contributed by atoms with Gasteiger partial charge in [0, 0.05) is 0 Å². The Kier molecular flexibility index (Phi) is 8.13. The van der Waals surface area contributed by atoms with Gasteiger partial charge in [-0.1, -0.05) is 72.4 Å². The van der Waals surface area contributed by atoms with Gasteiger partial charge in [0.25, 0.3) is 0 Å². The molecule has 0 aliphatic carbocycles. The number of ether oxygens (including phenoxy) is 2. The third kappa shape index (κ3) is 7.18. The van der Waals surface area contributed by atoms with Gasteiger partial charge < -0.3 is 19.9 Å². The van der Waals surface area contributed by atoms with Crippen LogP contribution in [0, 0.1) is 0 Å². The zero-order valence-electron chi connectivity index (χ0n) is 18.7. The van der Waals surface area contributed by atoms with E-state index < -0.39 is 11.2 Å². The van der Waals surface area contributed by atoms with E-state index in [1.807, 2.05) is 72.8 Å². The molecule has 1 fully saturated rings. The van der Waals surface area contributed by atoms with E-state index in [2.05, 4.69) is 15.5 Å². The highest BCUT2D eigenvalue weighted by Gasteiger charge is 2.32. The Morgan fingerprint density at radius 1 is 0.943 bits per heavy atom. The second-order valence-corrected chi connectivity index (χ2v) is 8.79. The molecule has 0 aromatic heterocycles. The average Bonchev–Trinajstić information content (AvgIpc) is 3.21. The first-order chi connectivity index (χ1) is 17.1. The lowest BCUT2D eigenvalue weighted by molar-refractivity contribution is -0.138. The monoisotopic (exact) mass is 489 g/mol. The molecular weight excluding hydrogens is 466 g/mol. The van der Waals surface area contributed by atoms with Gasteiger partial charge in [-0.25, -0.2) is 0 Å². The van der Waals surface area contributed by atoms with E-state index in [0.717, 1.165) is 28.5 Å². The Morgan fingerprint density at radius 3 is 2.20 bits per heavy atom. The molecule has 0 saturated carbocycles. The number of thioether (sulfide) groups is 1. The quantitative estimate of drug-likeness (QED) is 0.326. The summed E-state index contributed by atoms with van der Waals surface area (Å²) in [5.74, 6) is -0.266. The van der Waals surface area contributed by atoms with E-state index >= 15 is 0 Å². The summed E-state index contributed by atoms with van der Waals surface area (Å²) >= 11 is 1.05. The first-order valence-electron chi connectivity index (χ1n) is 10.8. The van der Waals surface area contributed by atoms with Crippen molar-refractivity contribution in [1.82, 2.24) is 5.32 Å². The van der Waals surface area contributed by atoms with Gasteiger partial charge in [0.15, 0.2) is 16.7 Å². The second-order valence-electron chi connectivity index (χ2n) is 7.60.